The summed E-state index contributed by atoms with van der Waals surface area (Å²) in [6.45, 7) is 4.91. The number of halogens is 3. The van der Waals surface area contributed by atoms with Crippen LogP contribution < -0.4 is 11.5 Å². The van der Waals surface area contributed by atoms with Crippen LogP contribution in [0.15, 0.2) is 23.2 Å². The molecule has 4 N–H and O–H groups in total. The molecule has 0 radical (unpaired) electrons. The summed E-state index contributed by atoms with van der Waals surface area (Å²) in [6, 6.07) is 5.56. The summed E-state index contributed by atoms with van der Waals surface area (Å²) in [6.07, 6.45) is 0.838. The number of guanidine groups is 1. The van der Waals surface area contributed by atoms with Crippen molar-refractivity contribution < 1.29 is 0 Å². The average Bonchev–Trinajstić information content (AvgIpc) is 2.26. The van der Waals surface area contributed by atoms with Crippen molar-refractivity contribution in [3.05, 3.63) is 33.8 Å². The Kier molecular flexibility index (Phi) is 8.78. The molecule has 0 fully saturated rings. The third kappa shape index (κ3) is 6.68. The number of hydrogen-bond donors (Lipinski definition) is 2. The maximum atomic E-state index is 6.17. The van der Waals surface area contributed by atoms with Crippen molar-refractivity contribution in [1.29, 1.82) is 0 Å². The van der Waals surface area contributed by atoms with Crippen LogP contribution in [0.4, 0.5) is 0 Å². The molecule has 0 aliphatic carbocycles. The average molecular weight is 416 g/mol. The Morgan fingerprint density at radius 1 is 1.26 bits per heavy atom. The highest BCUT2D eigenvalue weighted by Crippen LogP contribution is 2.26. The third-order valence-corrected chi connectivity index (χ3v) is 3.54. The third-order valence-electron chi connectivity index (χ3n) is 2.95. The van der Waals surface area contributed by atoms with E-state index in [4.69, 9.17) is 34.7 Å². The molecule has 108 valence electrons. The zero-order valence-corrected chi connectivity index (χ0v) is 14.9. The van der Waals surface area contributed by atoms with E-state index in [1.54, 1.807) is 6.07 Å². The van der Waals surface area contributed by atoms with E-state index in [-0.39, 0.29) is 29.9 Å². The normalized spacial score (nSPS) is 11.8. The van der Waals surface area contributed by atoms with E-state index in [0.29, 0.717) is 28.4 Å². The van der Waals surface area contributed by atoms with E-state index < -0.39 is 0 Å². The van der Waals surface area contributed by atoms with Gasteiger partial charge in [0.2, 0.25) is 0 Å². The van der Waals surface area contributed by atoms with Gasteiger partial charge in [-0.2, -0.15) is 0 Å². The van der Waals surface area contributed by atoms with Crippen LogP contribution in [0.2, 0.25) is 10.0 Å². The van der Waals surface area contributed by atoms with Gasteiger partial charge in [-0.3, -0.25) is 4.99 Å². The first-order valence-electron chi connectivity index (χ1n) is 5.89. The largest absolute Gasteiger partial charge is 0.370 e. The molecular formula is C13H20Cl2IN3. The molecule has 3 nitrogen and oxygen atoms in total. The van der Waals surface area contributed by atoms with Gasteiger partial charge in [0, 0.05) is 16.6 Å². The van der Waals surface area contributed by atoms with Crippen molar-refractivity contribution in [1.82, 2.24) is 0 Å². The lowest BCUT2D eigenvalue weighted by Crippen LogP contribution is -2.25. The van der Waals surface area contributed by atoms with Crippen molar-refractivity contribution >= 4 is 53.1 Å². The van der Waals surface area contributed by atoms with E-state index >= 15 is 0 Å². The topological polar surface area (TPSA) is 64.4 Å². The Bertz CT molecular complexity index is 432. The van der Waals surface area contributed by atoms with Crippen LogP contribution in [0.1, 0.15) is 19.4 Å². The van der Waals surface area contributed by atoms with Crippen LogP contribution in [0.25, 0.3) is 0 Å². The Hall–Kier alpha value is -0.200. The van der Waals surface area contributed by atoms with Crippen molar-refractivity contribution in [2.24, 2.45) is 28.3 Å². The summed E-state index contributed by atoms with van der Waals surface area (Å²) >= 11 is 12.1. The zero-order chi connectivity index (χ0) is 13.7. The van der Waals surface area contributed by atoms with Crippen molar-refractivity contribution in [3.63, 3.8) is 0 Å². The smallest absolute Gasteiger partial charge is 0.185 e. The van der Waals surface area contributed by atoms with Gasteiger partial charge in [0.1, 0.15) is 0 Å². The zero-order valence-electron chi connectivity index (χ0n) is 11.1. The minimum atomic E-state index is 0. The van der Waals surface area contributed by atoms with Gasteiger partial charge < -0.3 is 11.5 Å². The van der Waals surface area contributed by atoms with Crippen molar-refractivity contribution in [2.75, 3.05) is 6.54 Å². The maximum absolute atomic E-state index is 6.17. The summed E-state index contributed by atoms with van der Waals surface area (Å²) < 4.78 is 0. The van der Waals surface area contributed by atoms with E-state index in [1.165, 1.54) is 0 Å². The molecule has 0 heterocycles. The minimum Gasteiger partial charge on any atom is -0.370 e. The number of nitrogens with zero attached hydrogens (tertiary/aromatic N) is 1. The van der Waals surface area contributed by atoms with Crippen LogP contribution >= 0.6 is 47.2 Å². The SMILES string of the molecule is CC(C)C(CN=C(N)N)Cc1ccc(Cl)cc1Cl.I. The number of nitrogens with two attached hydrogens (primary N) is 2. The molecule has 0 saturated carbocycles. The van der Waals surface area contributed by atoms with E-state index in [9.17, 15) is 0 Å². The summed E-state index contributed by atoms with van der Waals surface area (Å²) in [5, 5.41) is 1.34. The molecule has 1 atom stereocenters. The maximum Gasteiger partial charge on any atom is 0.185 e. The van der Waals surface area contributed by atoms with Crippen LogP contribution in [0.3, 0.4) is 0 Å². The number of hydrogen-bond acceptors (Lipinski definition) is 1. The quantitative estimate of drug-likeness (QED) is 0.437. The van der Waals surface area contributed by atoms with E-state index in [2.05, 4.69) is 18.8 Å². The van der Waals surface area contributed by atoms with Crippen LogP contribution in [-0.4, -0.2) is 12.5 Å². The fourth-order valence-electron chi connectivity index (χ4n) is 1.70. The van der Waals surface area contributed by atoms with Crippen LogP contribution in [0.5, 0.6) is 0 Å². The lowest BCUT2D eigenvalue weighted by molar-refractivity contribution is 0.392. The van der Waals surface area contributed by atoms with Crippen molar-refractivity contribution in [2.45, 2.75) is 20.3 Å². The van der Waals surface area contributed by atoms with Gasteiger partial charge in [0.25, 0.3) is 0 Å². The van der Waals surface area contributed by atoms with Gasteiger partial charge in [0.05, 0.1) is 0 Å². The fraction of sp³-hybridized carbons (Fsp3) is 0.462. The van der Waals surface area contributed by atoms with Gasteiger partial charge in [-0.15, -0.1) is 24.0 Å². The molecule has 19 heavy (non-hydrogen) atoms. The highest BCUT2D eigenvalue weighted by atomic mass is 127. The first kappa shape index (κ1) is 18.8. The molecule has 0 aliphatic rings. The molecule has 0 aliphatic heterocycles. The van der Waals surface area contributed by atoms with Crippen molar-refractivity contribution in [3.8, 4) is 0 Å². The van der Waals surface area contributed by atoms with Gasteiger partial charge >= 0.3 is 0 Å². The molecule has 1 aromatic rings. The first-order chi connectivity index (χ1) is 8.40. The van der Waals surface area contributed by atoms with E-state index in [1.807, 2.05) is 12.1 Å². The molecule has 1 rings (SSSR count). The van der Waals surface area contributed by atoms with Crippen LogP contribution in [0, 0.1) is 11.8 Å². The Balaban J connectivity index is 0.00000324. The molecule has 0 spiro atoms. The van der Waals surface area contributed by atoms with Gasteiger partial charge in [-0.1, -0.05) is 43.1 Å². The number of benzene rings is 1. The second kappa shape index (κ2) is 8.87. The standard InChI is InChI=1S/C13H19Cl2N3.HI/c1-8(2)10(7-18-13(16)17)5-9-3-4-11(14)6-12(9)15;/h3-4,6,8,10H,5,7H2,1-2H3,(H4,16,17,18);1H. The highest BCUT2D eigenvalue weighted by Gasteiger charge is 2.15. The highest BCUT2D eigenvalue weighted by molar-refractivity contribution is 14.0. The molecule has 0 amide bonds. The summed E-state index contributed by atoms with van der Waals surface area (Å²) in [4.78, 5) is 4.09. The molecule has 0 saturated heterocycles. The molecule has 1 unspecified atom stereocenters. The van der Waals surface area contributed by atoms with Gasteiger partial charge in [-0.25, -0.2) is 0 Å². The second-order valence-corrected chi connectivity index (χ2v) is 5.55. The predicted molar refractivity (Wildman–Crippen MR) is 94.6 cm³/mol. The van der Waals surface area contributed by atoms with Gasteiger partial charge in [0.15, 0.2) is 5.96 Å². The monoisotopic (exact) mass is 415 g/mol. The van der Waals surface area contributed by atoms with E-state index in [0.717, 1.165) is 12.0 Å². The Morgan fingerprint density at radius 2 is 1.89 bits per heavy atom. The lowest BCUT2D eigenvalue weighted by atomic mass is 9.89. The summed E-state index contributed by atoms with van der Waals surface area (Å²) in [7, 11) is 0. The molecule has 6 heteroatoms. The van der Waals surface area contributed by atoms with Crippen LogP contribution in [-0.2, 0) is 6.42 Å². The Morgan fingerprint density at radius 3 is 2.37 bits per heavy atom. The molecule has 0 aromatic heterocycles. The summed E-state index contributed by atoms with van der Waals surface area (Å²) in [5.41, 5.74) is 11.8. The molecular weight excluding hydrogens is 396 g/mol. The first-order valence-corrected chi connectivity index (χ1v) is 6.65. The lowest BCUT2D eigenvalue weighted by Gasteiger charge is -2.19. The summed E-state index contributed by atoms with van der Waals surface area (Å²) in [5.74, 6) is 0.952. The molecule has 0 bridgehead atoms. The minimum absolute atomic E-state index is 0. The van der Waals surface area contributed by atoms with Gasteiger partial charge in [-0.05, 0) is 36.0 Å². The fourth-order valence-corrected chi connectivity index (χ4v) is 2.19. The Labute approximate surface area is 141 Å². The second-order valence-electron chi connectivity index (χ2n) is 4.71. The number of aliphatic imine (C=N–C) groups is 1. The number of rotatable bonds is 5. The predicted octanol–water partition coefficient (Wildman–Crippen LogP) is 3.70. The molecule has 1 aromatic carbocycles.